The van der Waals surface area contributed by atoms with Gasteiger partial charge in [0, 0.05) is 4.57 Å². The van der Waals surface area contributed by atoms with E-state index >= 15 is 0 Å². The van der Waals surface area contributed by atoms with Crippen LogP contribution in [0.15, 0.2) is 0 Å². The van der Waals surface area contributed by atoms with E-state index in [0.717, 1.165) is 6.92 Å². The summed E-state index contributed by atoms with van der Waals surface area (Å²) in [6, 6.07) is 0. The molecule has 8 heteroatoms. The minimum absolute atomic E-state index is 0.858. The molecule has 0 aromatic rings. The highest BCUT2D eigenvalue weighted by atomic mass is 31.1. The van der Waals surface area contributed by atoms with Crippen LogP contribution in [0.3, 0.4) is 0 Å². The van der Waals surface area contributed by atoms with Crippen molar-refractivity contribution in [2.45, 2.75) is 19.6 Å². The van der Waals surface area contributed by atoms with Crippen LogP contribution in [0, 0.1) is 0 Å². The van der Waals surface area contributed by atoms with E-state index in [4.69, 9.17) is 4.89 Å². The van der Waals surface area contributed by atoms with E-state index in [1.54, 1.807) is 0 Å². The maximum absolute atomic E-state index is 11.3. The lowest BCUT2D eigenvalue weighted by Crippen LogP contribution is -2.21. The minimum atomic E-state index is -4.86. The van der Waals surface area contributed by atoms with E-state index in [2.05, 4.69) is 9.26 Å². The number of rotatable bonds is 3. The van der Waals surface area contributed by atoms with Crippen molar-refractivity contribution in [1.82, 2.24) is 0 Å². The summed E-state index contributed by atoms with van der Waals surface area (Å²) in [5.41, 5.74) is 0. The van der Waals surface area contributed by atoms with Crippen molar-refractivity contribution in [3.8, 4) is 0 Å². The fourth-order valence-corrected chi connectivity index (χ4v) is 0.634. The van der Waals surface area contributed by atoms with E-state index in [9.17, 15) is 17.7 Å². The maximum atomic E-state index is 11.3. The van der Waals surface area contributed by atoms with Gasteiger partial charge in [0.1, 0.15) is 0 Å². The van der Waals surface area contributed by atoms with Crippen LogP contribution in [0.25, 0.3) is 0 Å². The number of alkyl halides is 3. The van der Waals surface area contributed by atoms with Gasteiger partial charge in [-0.2, -0.15) is 0 Å². The first-order chi connectivity index (χ1) is 4.81. The number of hydrogen-bond acceptors (Lipinski definition) is 3. The molecule has 11 heavy (non-hydrogen) atoms. The van der Waals surface area contributed by atoms with Crippen LogP contribution in [0.1, 0.15) is 6.92 Å². The summed E-state index contributed by atoms with van der Waals surface area (Å²) in [6.07, 6.45) is -6.63. The van der Waals surface area contributed by atoms with Crippen molar-refractivity contribution < 1.29 is 31.9 Å². The topological polar surface area (TPSA) is 55.8 Å². The highest BCUT2D eigenvalue weighted by Gasteiger charge is 2.35. The molecule has 0 aliphatic rings. The maximum Gasteiger partial charge on any atom is 0.697 e. The summed E-state index contributed by atoms with van der Waals surface area (Å²) < 4.78 is 50.5. The molecular weight excluding hydrogens is 188 g/mol. The number of halogens is 3. The molecule has 0 aromatic heterocycles. The Morgan fingerprint density at radius 3 is 2.27 bits per heavy atom. The van der Waals surface area contributed by atoms with Gasteiger partial charge in [0.05, 0.1) is 0 Å². The first-order valence-corrected chi connectivity index (χ1v) is 3.52. The van der Waals surface area contributed by atoms with E-state index in [0.29, 0.717) is 0 Å². The van der Waals surface area contributed by atoms with Gasteiger partial charge in [-0.3, -0.25) is 4.74 Å². The van der Waals surface area contributed by atoms with E-state index in [1.807, 2.05) is 0 Å². The SMILES string of the molecule is CC(O[P+](=O)O)OC(F)(F)F. The van der Waals surface area contributed by atoms with Crippen LogP contribution < -0.4 is 0 Å². The standard InChI is InChI=1S/C3H4F3O4P/c1-2(10-11(7)8)9-3(4,5)6/h2H,1H3/p+1. The summed E-state index contributed by atoms with van der Waals surface area (Å²) in [5.74, 6) is 0. The lowest BCUT2D eigenvalue weighted by Gasteiger charge is -2.08. The van der Waals surface area contributed by atoms with Gasteiger partial charge in [-0.05, 0) is 6.92 Å². The molecule has 0 spiro atoms. The Labute approximate surface area is 60.9 Å². The summed E-state index contributed by atoms with van der Waals surface area (Å²) >= 11 is 0. The summed E-state index contributed by atoms with van der Waals surface area (Å²) in [6.45, 7) is 0.858. The molecular formula is C3H5F3O4P+. The zero-order valence-electron chi connectivity index (χ0n) is 5.33. The minimum Gasteiger partial charge on any atom is -0.257 e. The van der Waals surface area contributed by atoms with Crippen LogP contribution in [0.5, 0.6) is 0 Å². The molecule has 2 atom stereocenters. The largest absolute Gasteiger partial charge is 0.697 e. The van der Waals surface area contributed by atoms with Gasteiger partial charge >= 0.3 is 14.6 Å². The summed E-state index contributed by atoms with van der Waals surface area (Å²) in [4.78, 5) is 7.96. The first kappa shape index (κ1) is 10.8. The molecule has 66 valence electrons. The van der Waals surface area contributed by atoms with E-state index in [1.165, 1.54) is 0 Å². The highest BCUT2D eigenvalue weighted by molar-refractivity contribution is 7.32. The Morgan fingerprint density at radius 2 is 2.00 bits per heavy atom. The highest BCUT2D eigenvalue weighted by Crippen LogP contribution is 2.24. The van der Waals surface area contributed by atoms with Gasteiger partial charge in [-0.25, -0.2) is 0 Å². The predicted molar refractivity (Wildman–Crippen MR) is 27.5 cm³/mol. The Hall–Kier alpha value is -0.230. The van der Waals surface area contributed by atoms with Crippen LogP contribution in [0.2, 0.25) is 0 Å². The first-order valence-electron chi connectivity index (χ1n) is 2.38. The zero-order chi connectivity index (χ0) is 9.07. The molecule has 0 amide bonds. The smallest absolute Gasteiger partial charge is 0.257 e. The van der Waals surface area contributed by atoms with E-state index in [-0.39, 0.29) is 0 Å². The molecule has 0 bridgehead atoms. The van der Waals surface area contributed by atoms with Crippen molar-refractivity contribution in [2.75, 3.05) is 0 Å². The molecule has 0 radical (unpaired) electrons. The van der Waals surface area contributed by atoms with Gasteiger partial charge in [0.2, 0.25) is 6.29 Å². The van der Waals surface area contributed by atoms with Crippen molar-refractivity contribution in [3.05, 3.63) is 0 Å². The molecule has 4 nitrogen and oxygen atoms in total. The quantitative estimate of drug-likeness (QED) is 0.545. The fourth-order valence-electron chi connectivity index (χ4n) is 0.337. The van der Waals surface area contributed by atoms with Gasteiger partial charge in [0.25, 0.3) is 0 Å². The van der Waals surface area contributed by atoms with Gasteiger partial charge < -0.3 is 0 Å². The third kappa shape index (κ3) is 7.67. The van der Waals surface area contributed by atoms with Crippen molar-refractivity contribution in [1.29, 1.82) is 0 Å². The molecule has 0 aromatic carbocycles. The zero-order valence-corrected chi connectivity index (χ0v) is 6.22. The van der Waals surface area contributed by atoms with Crippen LogP contribution in [0.4, 0.5) is 13.2 Å². The fraction of sp³-hybridized carbons (Fsp3) is 1.00. The van der Waals surface area contributed by atoms with Crippen LogP contribution in [-0.2, 0) is 13.8 Å². The van der Waals surface area contributed by atoms with Crippen molar-refractivity contribution in [2.24, 2.45) is 0 Å². The summed E-state index contributed by atoms with van der Waals surface area (Å²) in [5, 5.41) is 0. The van der Waals surface area contributed by atoms with E-state index < -0.39 is 20.9 Å². The second kappa shape index (κ2) is 3.96. The second-order valence-corrected chi connectivity index (χ2v) is 2.16. The van der Waals surface area contributed by atoms with Gasteiger partial charge in [0.15, 0.2) is 0 Å². The molecule has 0 aliphatic carbocycles. The van der Waals surface area contributed by atoms with Gasteiger partial charge in [-0.1, -0.05) is 4.52 Å². The Morgan fingerprint density at radius 1 is 1.55 bits per heavy atom. The van der Waals surface area contributed by atoms with Crippen molar-refractivity contribution >= 4 is 8.25 Å². The summed E-state index contributed by atoms with van der Waals surface area (Å²) in [7, 11) is -3.07. The molecule has 0 rings (SSSR count). The molecule has 0 aliphatic heterocycles. The van der Waals surface area contributed by atoms with Crippen LogP contribution in [-0.4, -0.2) is 17.5 Å². The lowest BCUT2D eigenvalue weighted by molar-refractivity contribution is -0.363. The normalized spacial score (nSPS) is 16.3. The molecule has 1 N–H and O–H groups in total. The average molecular weight is 193 g/mol. The third-order valence-electron chi connectivity index (χ3n) is 0.538. The molecule has 0 saturated carbocycles. The lowest BCUT2D eigenvalue weighted by atomic mass is 10.8. The molecule has 2 unspecified atom stereocenters. The monoisotopic (exact) mass is 193 g/mol. The molecule has 0 saturated heterocycles. The molecule has 0 heterocycles. The number of ether oxygens (including phenoxy) is 1. The van der Waals surface area contributed by atoms with Crippen LogP contribution >= 0.6 is 8.25 Å². The average Bonchev–Trinajstić information content (AvgIpc) is 1.53. The Bertz CT molecular complexity index is 146. The predicted octanol–water partition coefficient (Wildman–Crippen LogP) is 1.54. The Balaban J connectivity index is 3.69. The molecule has 0 fully saturated rings. The number of hydrogen-bond donors (Lipinski definition) is 1. The second-order valence-electron chi connectivity index (χ2n) is 1.47. The van der Waals surface area contributed by atoms with Crippen molar-refractivity contribution in [3.63, 3.8) is 0 Å². The third-order valence-corrected chi connectivity index (χ3v) is 1.02. The Kier molecular flexibility index (Phi) is 3.88. The van der Waals surface area contributed by atoms with Gasteiger partial charge in [-0.15, -0.1) is 18.1 Å².